The first-order valence-corrected chi connectivity index (χ1v) is 6.41. The number of ether oxygens (including phenoxy) is 2. The second kappa shape index (κ2) is 9.49. The molecular formula is C14H19N3O4. The predicted octanol–water partition coefficient (Wildman–Crippen LogP) is 0.298. The zero-order chi connectivity index (χ0) is 15.5. The normalized spacial score (nSPS) is 10.4. The monoisotopic (exact) mass is 293 g/mol. The van der Waals surface area contributed by atoms with E-state index in [1.807, 2.05) is 0 Å². The average molecular weight is 293 g/mol. The van der Waals surface area contributed by atoms with E-state index in [0.717, 1.165) is 5.56 Å². The van der Waals surface area contributed by atoms with Crippen LogP contribution in [0.3, 0.4) is 0 Å². The Balaban J connectivity index is 2.37. The highest BCUT2D eigenvalue weighted by Crippen LogP contribution is 2.10. The van der Waals surface area contributed by atoms with Crippen molar-refractivity contribution < 1.29 is 19.1 Å². The first-order chi connectivity index (χ1) is 10.2. The van der Waals surface area contributed by atoms with Crippen molar-refractivity contribution in [2.45, 2.75) is 6.42 Å². The molecule has 0 atom stereocenters. The van der Waals surface area contributed by atoms with Crippen LogP contribution < -0.4 is 15.5 Å². The van der Waals surface area contributed by atoms with Crippen LogP contribution in [-0.2, 0) is 14.3 Å². The number of nitrogens with zero attached hydrogens (tertiary/aromatic N) is 1. The van der Waals surface area contributed by atoms with Crippen molar-refractivity contribution in [1.29, 1.82) is 0 Å². The molecule has 0 aromatic heterocycles. The number of benzene rings is 1. The Morgan fingerprint density at radius 2 is 2.10 bits per heavy atom. The number of methoxy groups -OCH3 is 2. The molecule has 2 N–H and O–H groups in total. The summed E-state index contributed by atoms with van der Waals surface area (Å²) in [4.78, 5) is 22.8. The summed E-state index contributed by atoms with van der Waals surface area (Å²) < 4.78 is 9.89. The number of hydrazone groups is 1. The highest BCUT2D eigenvalue weighted by Gasteiger charge is 2.11. The minimum absolute atomic E-state index is 0.375. The minimum Gasteiger partial charge on any atom is -0.497 e. The lowest BCUT2D eigenvalue weighted by Crippen LogP contribution is -2.38. The van der Waals surface area contributed by atoms with Gasteiger partial charge in [-0.2, -0.15) is 5.10 Å². The van der Waals surface area contributed by atoms with E-state index < -0.39 is 11.8 Å². The van der Waals surface area contributed by atoms with Crippen molar-refractivity contribution in [2.75, 3.05) is 27.4 Å². The lowest BCUT2D eigenvalue weighted by atomic mass is 10.2. The fourth-order valence-electron chi connectivity index (χ4n) is 1.44. The van der Waals surface area contributed by atoms with Gasteiger partial charge in [-0.25, -0.2) is 5.43 Å². The van der Waals surface area contributed by atoms with Gasteiger partial charge in [-0.15, -0.1) is 0 Å². The Hall–Kier alpha value is -2.41. The summed E-state index contributed by atoms with van der Waals surface area (Å²) in [5.74, 6) is -0.860. The van der Waals surface area contributed by atoms with E-state index in [9.17, 15) is 9.59 Å². The summed E-state index contributed by atoms with van der Waals surface area (Å²) in [6.45, 7) is 0.898. The van der Waals surface area contributed by atoms with E-state index in [1.54, 1.807) is 38.5 Å². The maximum Gasteiger partial charge on any atom is 0.329 e. The molecule has 7 nitrogen and oxygen atoms in total. The molecule has 0 fully saturated rings. The van der Waals surface area contributed by atoms with E-state index in [2.05, 4.69) is 15.8 Å². The van der Waals surface area contributed by atoms with Crippen LogP contribution in [-0.4, -0.2) is 45.4 Å². The molecule has 114 valence electrons. The molecule has 0 saturated heterocycles. The Labute approximate surface area is 123 Å². The van der Waals surface area contributed by atoms with Crippen LogP contribution in [0.5, 0.6) is 5.75 Å². The number of hydrogen-bond acceptors (Lipinski definition) is 5. The molecule has 0 bridgehead atoms. The van der Waals surface area contributed by atoms with Gasteiger partial charge in [0.05, 0.1) is 13.3 Å². The first-order valence-electron chi connectivity index (χ1n) is 6.41. The maximum atomic E-state index is 11.4. The third-order valence-corrected chi connectivity index (χ3v) is 2.49. The Morgan fingerprint density at radius 3 is 2.81 bits per heavy atom. The molecule has 1 aromatic carbocycles. The molecule has 7 heteroatoms. The Kier molecular flexibility index (Phi) is 7.52. The topological polar surface area (TPSA) is 89.0 Å². The van der Waals surface area contributed by atoms with Gasteiger partial charge in [0.25, 0.3) is 0 Å². The number of rotatable bonds is 7. The van der Waals surface area contributed by atoms with Gasteiger partial charge in [0.15, 0.2) is 0 Å². The molecule has 21 heavy (non-hydrogen) atoms. The quantitative estimate of drug-likeness (QED) is 0.327. The molecule has 1 rings (SSSR count). The van der Waals surface area contributed by atoms with Gasteiger partial charge in [-0.3, -0.25) is 9.59 Å². The fourth-order valence-corrected chi connectivity index (χ4v) is 1.44. The summed E-state index contributed by atoms with van der Waals surface area (Å²) in [5, 5.41) is 6.18. The summed E-state index contributed by atoms with van der Waals surface area (Å²) in [5.41, 5.74) is 2.90. The second-order valence-electron chi connectivity index (χ2n) is 4.08. The van der Waals surface area contributed by atoms with Gasteiger partial charge < -0.3 is 14.8 Å². The first kappa shape index (κ1) is 16.6. The van der Waals surface area contributed by atoms with Crippen molar-refractivity contribution in [3.05, 3.63) is 29.8 Å². The fraction of sp³-hybridized carbons (Fsp3) is 0.357. The summed E-state index contributed by atoms with van der Waals surface area (Å²) in [7, 11) is 3.13. The summed E-state index contributed by atoms with van der Waals surface area (Å²) >= 11 is 0. The van der Waals surface area contributed by atoms with Crippen molar-refractivity contribution >= 4 is 18.0 Å². The van der Waals surface area contributed by atoms with Crippen LogP contribution in [0.25, 0.3) is 0 Å². The van der Waals surface area contributed by atoms with E-state index in [0.29, 0.717) is 25.3 Å². The molecule has 2 amide bonds. The number of amides is 2. The lowest BCUT2D eigenvalue weighted by Gasteiger charge is -2.03. The van der Waals surface area contributed by atoms with Gasteiger partial charge >= 0.3 is 11.8 Å². The van der Waals surface area contributed by atoms with Crippen LogP contribution in [0.4, 0.5) is 0 Å². The molecule has 0 unspecified atom stereocenters. The molecule has 0 aliphatic heterocycles. The van der Waals surface area contributed by atoms with Crippen LogP contribution in [0.15, 0.2) is 29.4 Å². The molecule has 0 spiro atoms. The highest BCUT2D eigenvalue weighted by atomic mass is 16.5. The molecule has 0 radical (unpaired) electrons. The Morgan fingerprint density at radius 1 is 1.29 bits per heavy atom. The van der Waals surface area contributed by atoms with E-state index in [1.165, 1.54) is 6.21 Å². The lowest BCUT2D eigenvalue weighted by molar-refractivity contribution is -0.139. The third kappa shape index (κ3) is 6.53. The number of carbonyl (C=O) groups is 2. The number of hydrogen-bond donors (Lipinski definition) is 2. The third-order valence-electron chi connectivity index (χ3n) is 2.49. The van der Waals surface area contributed by atoms with Crippen molar-refractivity contribution in [1.82, 2.24) is 10.7 Å². The summed E-state index contributed by atoms with van der Waals surface area (Å²) in [6, 6.07) is 7.14. The zero-order valence-corrected chi connectivity index (χ0v) is 12.1. The average Bonchev–Trinajstić information content (AvgIpc) is 2.51. The van der Waals surface area contributed by atoms with Crippen molar-refractivity contribution in [3.8, 4) is 5.75 Å². The summed E-state index contributed by atoms with van der Waals surface area (Å²) in [6.07, 6.45) is 2.07. The van der Waals surface area contributed by atoms with E-state index >= 15 is 0 Å². The van der Waals surface area contributed by atoms with E-state index in [4.69, 9.17) is 9.47 Å². The Bertz CT molecular complexity index is 503. The van der Waals surface area contributed by atoms with Gasteiger partial charge in [0.2, 0.25) is 0 Å². The minimum atomic E-state index is -0.813. The molecule has 0 aliphatic carbocycles. The van der Waals surface area contributed by atoms with Crippen molar-refractivity contribution in [2.24, 2.45) is 5.10 Å². The van der Waals surface area contributed by atoms with Crippen molar-refractivity contribution in [3.63, 3.8) is 0 Å². The van der Waals surface area contributed by atoms with Gasteiger partial charge in [0.1, 0.15) is 5.75 Å². The number of nitrogens with one attached hydrogen (secondary N) is 2. The SMILES string of the molecule is COCCCNC(=O)C(=O)N/N=C\c1cccc(OC)c1. The predicted molar refractivity (Wildman–Crippen MR) is 78.2 cm³/mol. The molecule has 0 saturated carbocycles. The van der Waals surface area contributed by atoms with E-state index in [-0.39, 0.29) is 0 Å². The molecule has 1 aromatic rings. The standard InChI is InChI=1S/C14H19N3O4/c1-20-8-4-7-15-13(18)14(19)17-16-10-11-5-3-6-12(9-11)21-2/h3,5-6,9-10H,4,7-8H2,1-2H3,(H,15,18)(H,17,19)/b16-10-. The highest BCUT2D eigenvalue weighted by molar-refractivity contribution is 6.35. The van der Waals surface area contributed by atoms with Crippen LogP contribution in [0, 0.1) is 0 Å². The molecule has 0 aliphatic rings. The van der Waals surface area contributed by atoms with Crippen LogP contribution in [0.2, 0.25) is 0 Å². The maximum absolute atomic E-state index is 11.4. The molecular weight excluding hydrogens is 274 g/mol. The smallest absolute Gasteiger partial charge is 0.329 e. The van der Waals surface area contributed by atoms with Gasteiger partial charge in [-0.1, -0.05) is 12.1 Å². The second-order valence-corrected chi connectivity index (χ2v) is 4.08. The van der Waals surface area contributed by atoms with Crippen LogP contribution in [0.1, 0.15) is 12.0 Å². The zero-order valence-electron chi connectivity index (χ0n) is 12.1. The molecule has 0 heterocycles. The van der Waals surface area contributed by atoms with Gasteiger partial charge in [-0.05, 0) is 24.1 Å². The number of carbonyl (C=O) groups excluding carboxylic acids is 2. The largest absolute Gasteiger partial charge is 0.497 e. The van der Waals surface area contributed by atoms with Crippen LogP contribution >= 0.6 is 0 Å². The van der Waals surface area contributed by atoms with Gasteiger partial charge in [0, 0.05) is 20.3 Å².